The summed E-state index contributed by atoms with van der Waals surface area (Å²) in [4.78, 5) is 29.9. The summed E-state index contributed by atoms with van der Waals surface area (Å²) in [5, 5.41) is 21.1. The zero-order chi connectivity index (χ0) is 86.6. The lowest BCUT2D eigenvalue weighted by Gasteiger charge is -2.15. The fourth-order valence-electron chi connectivity index (χ4n) is 20.5. The predicted octanol–water partition coefficient (Wildman–Crippen LogP) is 31.1. The van der Waals surface area contributed by atoms with Crippen LogP contribution in [-0.2, 0) is 0 Å². The fraction of sp³-hybridized carbons (Fsp3) is 0. The lowest BCUT2D eigenvalue weighted by molar-refractivity contribution is 0.670. The van der Waals surface area contributed by atoms with E-state index in [1.165, 1.54) is 64.6 Å². The van der Waals surface area contributed by atoms with Gasteiger partial charge >= 0.3 is 0 Å². The number of furan rings is 2. The van der Waals surface area contributed by atoms with Crippen LogP contribution in [0.15, 0.2) is 446 Å². The van der Waals surface area contributed by atoms with Crippen molar-refractivity contribution < 1.29 is 8.83 Å². The average Bonchev–Trinajstić information content (AvgIpc) is 1.39. The van der Waals surface area contributed by atoms with E-state index in [1.807, 2.05) is 109 Å². The molecular formula is C120H72N10O2. The SMILES string of the molecule is c1ccc(-c2nc(-c3ccccc3)nc(-c3ccc(-c4ccc(-n5c6ccccc6c6cc(-n7c8ccccc8c8ccc9c%10ccccc%10oc9c87)ccc65)cc4)cc3)n2)cc1.c1ccc(-c2nc(-c3ccccc3)nc(-c3ccc4c5ccccc5c5ccc(-n6c7ccccc7c7cc(-n8c9ccccc9c9ccc%10c%11ccccc%11oc%10c98)ccc76)cc5c4c3)n2)cc1. The molecule has 132 heavy (non-hydrogen) atoms. The molecule has 20 aromatic carbocycles. The van der Waals surface area contributed by atoms with Crippen molar-refractivity contribution in [3.05, 3.63) is 437 Å². The van der Waals surface area contributed by atoms with Crippen LogP contribution in [0.1, 0.15) is 0 Å². The van der Waals surface area contributed by atoms with E-state index in [0.29, 0.717) is 34.9 Å². The number of para-hydroxylation sites is 6. The Bertz CT molecular complexity index is 9470. The number of hydrogen-bond acceptors (Lipinski definition) is 8. The summed E-state index contributed by atoms with van der Waals surface area (Å²) >= 11 is 0. The van der Waals surface area contributed by atoms with E-state index in [1.54, 1.807) is 0 Å². The Morgan fingerprint density at radius 3 is 0.818 bits per heavy atom. The summed E-state index contributed by atoms with van der Waals surface area (Å²) in [6.07, 6.45) is 0. The van der Waals surface area contributed by atoms with Crippen LogP contribution >= 0.6 is 0 Å². The maximum Gasteiger partial charge on any atom is 0.164 e. The summed E-state index contributed by atoms with van der Waals surface area (Å²) in [5.74, 6) is 3.85. The van der Waals surface area contributed by atoms with Crippen LogP contribution in [-0.4, -0.2) is 48.2 Å². The second-order valence-electron chi connectivity index (χ2n) is 33.9. The van der Waals surface area contributed by atoms with Crippen LogP contribution in [0.3, 0.4) is 0 Å². The Morgan fingerprint density at radius 1 is 0.144 bits per heavy atom. The van der Waals surface area contributed by atoms with Crippen molar-refractivity contribution in [2.75, 3.05) is 0 Å². The topological polar surface area (TPSA) is 123 Å². The molecule has 0 amide bonds. The van der Waals surface area contributed by atoms with Crippen molar-refractivity contribution in [1.29, 1.82) is 0 Å². The average molecular weight is 1690 g/mol. The van der Waals surface area contributed by atoms with Crippen LogP contribution in [0.2, 0.25) is 0 Å². The third-order valence-corrected chi connectivity index (χ3v) is 26.5. The molecule has 8 heterocycles. The molecule has 0 saturated carbocycles. The molecule has 0 atom stereocenters. The van der Waals surface area contributed by atoms with Gasteiger partial charge in [0.25, 0.3) is 0 Å². The monoisotopic (exact) mass is 1680 g/mol. The van der Waals surface area contributed by atoms with Gasteiger partial charge in [-0.1, -0.05) is 322 Å². The van der Waals surface area contributed by atoms with E-state index in [2.05, 4.69) is 346 Å². The number of aromatic nitrogens is 10. The number of hydrogen-bond donors (Lipinski definition) is 0. The first kappa shape index (κ1) is 74.3. The van der Waals surface area contributed by atoms with Gasteiger partial charge in [-0.15, -0.1) is 0 Å². The molecule has 0 fully saturated rings. The third kappa shape index (κ3) is 11.9. The molecule has 0 saturated heterocycles. The van der Waals surface area contributed by atoms with E-state index >= 15 is 0 Å². The smallest absolute Gasteiger partial charge is 0.164 e. The van der Waals surface area contributed by atoms with Gasteiger partial charge in [-0.2, -0.15) is 0 Å². The van der Waals surface area contributed by atoms with Gasteiger partial charge < -0.3 is 27.1 Å². The summed E-state index contributed by atoms with van der Waals surface area (Å²) in [6.45, 7) is 0. The lowest BCUT2D eigenvalue weighted by Crippen LogP contribution is -2.00. The Hall–Kier alpha value is -18.0. The van der Waals surface area contributed by atoms with Gasteiger partial charge in [0.05, 0.1) is 44.1 Å². The molecule has 8 aromatic heterocycles. The molecule has 28 rings (SSSR count). The number of fused-ring (bicyclic) bond motifs is 26. The standard InChI is InChI=1S/C63H37N5O.C57H35N5O/c1-3-15-38(16-4-1)61-64-62(39-17-5-2-6-18-39)66-63(65-61)40-27-30-45-43-19-7-8-20-44(43)46-31-28-41(36-53(46)52(45)35-40)67-55-24-12-10-22-48(55)54-37-42(29-34-57(54)67)68-56-25-13-9-21-47(56)50-32-33-51-49-23-11-14-26-58(49)69-60(51)59(50)68;1-3-13-38(14-4-1)55-58-56(39-15-5-2-6-16-39)60-57(59-55)40-25-23-36(24-26-40)37-27-29-41(30-28-37)61-49-20-10-8-18-44(49)48-35-42(31-34-51(48)61)62-50-21-11-7-17-43(50)46-32-33-47-45-19-9-12-22-52(45)63-54(47)53(46)62/h1-37H;1-35H. The van der Waals surface area contributed by atoms with Gasteiger partial charge in [0.1, 0.15) is 11.2 Å². The molecule has 614 valence electrons. The quantitative estimate of drug-likeness (QED) is 0.117. The molecule has 0 aliphatic carbocycles. The molecule has 0 unspecified atom stereocenters. The summed E-state index contributed by atoms with van der Waals surface area (Å²) in [7, 11) is 0. The highest BCUT2D eigenvalue weighted by Gasteiger charge is 2.26. The van der Waals surface area contributed by atoms with Crippen molar-refractivity contribution in [1.82, 2.24) is 48.2 Å². The number of nitrogens with zero attached hydrogens (tertiary/aromatic N) is 10. The highest BCUT2D eigenvalue weighted by atomic mass is 16.3. The molecule has 12 heteroatoms. The maximum atomic E-state index is 6.71. The summed E-state index contributed by atoms with van der Waals surface area (Å²) in [5.41, 5.74) is 24.9. The zero-order valence-electron chi connectivity index (χ0n) is 70.9. The molecule has 0 radical (unpaired) electrons. The molecule has 28 aromatic rings. The Labute approximate surface area is 754 Å². The number of rotatable bonds is 11. The second-order valence-corrected chi connectivity index (χ2v) is 33.9. The highest BCUT2D eigenvalue weighted by molar-refractivity contribution is 6.28. The van der Waals surface area contributed by atoms with Crippen molar-refractivity contribution in [3.8, 4) is 102 Å². The van der Waals surface area contributed by atoms with Gasteiger partial charge in [-0.3, -0.25) is 0 Å². The molecule has 0 aliphatic heterocycles. The Balaban J connectivity index is 0.000000136. The highest BCUT2D eigenvalue weighted by Crippen LogP contribution is 2.47. The molecular weight excluding hydrogens is 1610 g/mol. The van der Waals surface area contributed by atoms with Crippen molar-refractivity contribution in [2.45, 2.75) is 0 Å². The first-order valence-corrected chi connectivity index (χ1v) is 44.5. The van der Waals surface area contributed by atoms with E-state index in [9.17, 15) is 0 Å². The predicted molar refractivity (Wildman–Crippen MR) is 542 cm³/mol. The molecule has 0 aliphatic rings. The van der Waals surface area contributed by atoms with Crippen molar-refractivity contribution in [3.63, 3.8) is 0 Å². The van der Waals surface area contributed by atoms with Crippen LogP contribution in [0.4, 0.5) is 0 Å². The minimum absolute atomic E-state index is 0.629. The van der Waals surface area contributed by atoms with Gasteiger partial charge in [0.2, 0.25) is 0 Å². The van der Waals surface area contributed by atoms with Crippen LogP contribution in [0.25, 0.3) is 266 Å². The van der Waals surface area contributed by atoms with Crippen LogP contribution < -0.4 is 0 Å². The zero-order valence-corrected chi connectivity index (χ0v) is 70.9. The summed E-state index contributed by atoms with van der Waals surface area (Å²) < 4.78 is 22.9. The van der Waals surface area contributed by atoms with Gasteiger partial charge in [-0.05, 0) is 159 Å². The number of benzene rings is 20. The first-order valence-electron chi connectivity index (χ1n) is 44.5. The van der Waals surface area contributed by atoms with Crippen molar-refractivity contribution >= 4 is 163 Å². The minimum Gasteiger partial charge on any atom is -0.454 e. The minimum atomic E-state index is 0.629. The van der Waals surface area contributed by atoms with E-state index in [4.69, 9.17) is 38.7 Å². The van der Waals surface area contributed by atoms with Crippen LogP contribution in [0, 0.1) is 0 Å². The second kappa shape index (κ2) is 29.8. The van der Waals surface area contributed by atoms with Crippen molar-refractivity contribution in [2.24, 2.45) is 0 Å². The molecule has 0 bridgehead atoms. The van der Waals surface area contributed by atoms with E-state index in [-0.39, 0.29) is 0 Å². The maximum absolute atomic E-state index is 6.71. The van der Waals surface area contributed by atoms with Gasteiger partial charge in [-0.25, -0.2) is 29.9 Å². The van der Waals surface area contributed by atoms with E-state index < -0.39 is 0 Å². The fourth-order valence-corrected chi connectivity index (χ4v) is 20.5. The van der Waals surface area contributed by atoms with Crippen LogP contribution in [0.5, 0.6) is 0 Å². The molecule has 0 N–H and O–H groups in total. The molecule has 0 spiro atoms. The normalized spacial score (nSPS) is 11.9. The van der Waals surface area contributed by atoms with E-state index in [0.717, 1.165) is 166 Å². The van der Waals surface area contributed by atoms with Gasteiger partial charge in [0, 0.05) is 121 Å². The third-order valence-electron chi connectivity index (χ3n) is 26.5. The van der Waals surface area contributed by atoms with Gasteiger partial charge in [0.15, 0.2) is 46.1 Å². The summed E-state index contributed by atoms with van der Waals surface area (Å²) in [6, 6.07) is 154. The lowest BCUT2D eigenvalue weighted by atomic mass is 9.93. The molecule has 12 nitrogen and oxygen atoms in total. The first-order chi connectivity index (χ1) is 65.4. The Morgan fingerprint density at radius 2 is 0.394 bits per heavy atom. The Kier molecular flexibility index (Phi) is 16.8. The largest absolute Gasteiger partial charge is 0.454 e.